The molecule has 0 spiro atoms. The second-order valence-corrected chi connectivity index (χ2v) is 4.30. The number of nitrogens with two attached hydrogens (primary N) is 1. The van der Waals surface area contributed by atoms with Crippen LogP contribution in [0.25, 0.3) is 0 Å². The smallest absolute Gasteiger partial charge is 0.0512 e. The molecule has 3 heteroatoms. The van der Waals surface area contributed by atoms with Crippen LogP contribution in [-0.2, 0) is 4.74 Å². The Balaban J connectivity index is 2.08. The standard InChI is InChI=1S/C12H18N2O/c1-9-5-11(7-14-6-9)12(13)10-3-2-4-15-8-10/h5-7,10,12H,2-4,8,13H2,1H3. The summed E-state index contributed by atoms with van der Waals surface area (Å²) in [6.45, 7) is 3.71. The minimum Gasteiger partial charge on any atom is -0.381 e. The van der Waals surface area contributed by atoms with Gasteiger partial charge in [0.15, 0.2) is 0 Å². The highest BCUT2D eigenvalue weighted by atomic mass is 16.5. The van der Waals surface area contributed by atoms with E-state index < -0.39 is 0 Å². The quantitative estimate of drug-likeness (QED) is 0.803. The van der Waals surface area contributed by atoms with E-state index in [0.29, 0.717) is 5.92 Å². The molecule has 3 nitrogen and oxygen atoms in total. The first-order valence-electron chi connectivity index (χ1n) is 5.52. The summed E-state index contributed by atoms with van der Waals surface area (Å²) in [5.74, 6) is 0.447. The largest absolute Gasteiger partial charge is 0.381 e. The Morgan fingerprint density at radius 2 is 2.40 bits per heavy atom. The Kier molecular flexibility index (Phi) is 3.34. The van der Waals surface area contributed by atoms with E-state index in [9.17, 15) is 0 Å². The van der Waals surface area contributed by atoms with Crippen LogP contribution in [0, 0.1) is 12.8 Å². The van der Waals surface area contributed by atoms with Gasteiger partial charge in [-0.1, -0.05) is 6.07 Å². The van der Waals surface area contributed by atoms with E-state index in [1.807, 2.05) is 19.3 Å². The number of hydrogen-bond donors (Lipinski definition) is 1. The zero-order valence-electron chi connectivity index (χ0n) is 9.15. The molecule has 1 aromatic heterocycles. The Labute approximate surface area is 90.7 Å². The molecule has 2 unspecified atom stereocenters. The molecule has 15 heavy (non-hydrogen) atoms. The van der Waals surface area contributed by atoms with E-state index in [0.717, 1.165) is 31.6 Å². The molecule has 2 N–H and O–H groups in total. The van der Waals surface area contributed by atoms with E-state index in [1.54, 1.807) is 0 Å². The molecule has 1 aromatic rings. The molecule has 0 saturated carbocycles. The predicted octanol–water partition coefficient (Wildman–Crippen LogP) is 1.82. The normalized spacial score (nSPS) is 23.7. The number of ether oxygens (including phenoxy) is 1. The number of pyridine rings is 1. The van der Waals surface area contributed by atoms with Crippen molar-refractivity contribution in [2.75, 3.05) is 13.2 Å². The first-order chi connectivity index (χ1) is 7.27. The average molecular weight is 206 g/mol. The third kappa shape index (κ3) is 2.55. The van der Waals surface area contributed by atoms with E-state index in [4.69, 9.17) is 10.5 Å². The summed E-state index contributed by atoms with van der Waals surface area (Å²) in [5, 5.41) is 0. The zero-order valence-corrected chi connectivity index (χ0v) is 9.15. The summed E-state index contributed by atoms with van der Waals surface area (Å²) in [6.07, 6.45) is 6.01. The third-order valence-corrected chi connectivity index (χ3v) is 2.98. The maximum atomic E-state index is 6.22. The number of nitrogens with zero attached hydrogens (tertiary/aromatic N) is 1. The van der Waals surface area contributed by atoms with E-state index in [1.165, 1.54) is 5.56 Å². The van der Waals surface area contributed by atoms with Gasteiger partial charge in [-0.3, -0.25) is 4.98 Å². The van der Waals surface area contributed by atoms with Gasteiger partial charge in [-0.15, -0.1) is 0 Å². The van der Waals surface area contributed by atoms with Crippen molar-refractivity contribution in [3.63, 3.8) is 0 Å². The van der Waals surface area contributed by atoms with Gasteiger partial charge in [0.05, 0.1) is 6.61 Å². The molecule has 0 bridgehead atoms. The monoisotopic (exact) mass is 206 g/mol. The summed E-state index contributed by atoms with van der Waals surface area (Å²) in [7, 11) is 0. The highest BCUT2D eigenvalue weighted by Crippen LogP contribution is 2.26. The topological polar surface area (TPSA) is 48.1 Å². The van der Waals surface area contributed by atoms with Crippen molar-refractivity contribution in [1.29, 1.82) is 0 Å². The Hall–Kier alpha value is -0.930. The molecular weight excluding hydrogens is 188 g/mol. The van der Waals surface area contributed by atoms with Crippen LogP contribution in [0.15, 0.2) is 18.5 Å². The van der Waals surface area contributed by atoms with Crippen LogP contribution in [-0.4, -0.2) is 18.2 Å². The molecule has 1 saturated heterocycles. The summed E-state index contributed by atoms with van der Waals surface area (Å²) < 4.78 is 5.45. The molecule has 82 valence electrons. The molecule has 1 fully saturated rings. The Bertz CT molecular complexity index is 321. The van der Waals surface area contributed by atoms with Crippen molar-refractivity contribution in [1.82, 2.24) is 4.98 Å². The minimum atomic E-state index is 0.0673. The lowest BCUT2D eigenvalue weighted by Crippen LogP contribution is -2.29. The predicted molar refractivity (Wildman–Crippen MR) is 59.4 cm³/mol. The summed E-state index contributed by atoms with van der Waals surface area (Å²) in [6, 6.07) is 2.18. The Morgan fingerprint density at radius 3 is 3.07 bits per heavy atom. The molecule has 2 rings (SSSR count). The van der Waals surface area contributed by atoms with E-state index >= 15 is 0 Å². The van der Waals surface area contributed by atoms with Gasteiger partial charge in [0, 0.05) is 31.0 Å². The highest BCUT2D eigenvalue weighted by molar-refractivity contribution is 5.20. The number of aromatic nitrogens is 1. The second-order valence-electron chi connectivity index (χ2n) is 4.30. The fourth-order valence-corrected chi connectivity index (χ4v) is 2.08. The van der Waals surface area contributed by atoms with Crippen molar-refractivity contribution in [2.45, 2.75) is 25.8 Å². The second kappa shape index (κ2) is 4.73. The van der Waals surface area contributed by atoms with Crippen LogP contribution < -0.4 is 5.73 Å². The molecule has 0 amide bonds. The van der Waals surface area contributed by atoms with Crippen LogP contribution >= 0.6 is 0 Å². The number of hydrogen-bond acceptors (Lipinski definition) is 3. The lowest BCUT2D eigenvalue weighted by molar-refractivity contribution is 0.0447. The first kappa shape index (κ1) is 10.6. The van der Waals surface area contributed by atoms with Gasteiger partial charge in [0.2, 0.25) is 0 Å². The van der Waals surface area contributed by atoms with Crippen LogP contribution in [0.4, 0.5) is 0 Å². The average Bonchev–Trinajstić information content (AvgIpc) is 2.29. The summed E-state index contributed by atoms with van der Waals surface area (Å²) in [5.41, 5.74) is 8.52. The molecular formula is C12H18N2O. The zero-order chi connectivity index (χ0) is 10.7. The van der Waals surface area contributed by atoms with Crippen LogP contribution in [0.2, 0.25) is 0 Å². The number of rotatable bonds is 2. The molecule has 0 aromatic carbocycles. The molecule has 1 aliphatic rings. The fraction of sp³-hybridized carbons (Fsp3) is 0.583. The number of aryl methyl sites for hydroxylation is 1. The highest BCUT2D eigenvalue weighted by Gasteiger charge is 2.22. The lowest BCUT2D eigenvalue weighted by atomic mass is 9.90. The molecule has 0 radical (unpaired) electrons. The molecule has 2 heterocycles. The lowest BCUT2D eigenvalue weighted by Gasteiger charge is -2.27. The van der Waals surface area contributed by atoms with Gasteiger partial charge in [-0.25, -0.2) is 0 Å². The van der Waals surface area contributed by atoms with Crippen LogP contribution in [0.5, 0.6) is 0 Å². The molecule has 1 aliphatic heterocycles. The Morgan fingerprint density at radius 1 is 1.53 bits per heavy atom. The van der Waals surface area contributed by atoms with Gasteiger partial charge in [-0.2, -0.15) is 0 Å². The maximum absolute atomic E-state index is 6.22. The van der Waals surface area contributed by atoms with Gasteiger partial charge in [0.1, 0.15) is 0 Å². The van der Waals surface area contributed by atoms with Crippen molar-refractivity contribution < 1.29 is 4.74 Å². The van der Waals surface area contributed by atoms with Gasteiger partial charge in [-0.05, 0) is 30.9 Å². The summed E-state index contributed by atoms with van der Waals surface area (Å²) >= 11 is 0. The van der Waals surface area contributed by atoms with Crippen molar-refractivity contribution in [2.24, 2.45) is 11.7 Å². The van der Waals surface area contributed by atoms with Crippen molar-refractivity contribution >= 4 is 0 Å². The minimum absolute atomic E-state index is 0.0673. The third-order valence-electron chi connectivity index (χ3n) is 2.98. The SMILES string of the molecule is Cc1cncc(C(N)C2CCCOC2)c1. The fourth-order valence-electron chi connectivity index (χ4n) is 2.08. The van der Waals surface area contributed by atoms with Gasteiger partial charge in [0.25, 0.3) is 0 Å². The molecule has 0 aliphatic carbocycles. The van der Waals surface area contributed by atoms with Crippen LogP contribution in [0.1, 0.15) is 30.0 Å². The van der Waals surface area contributed by atoms with Crippen LogP contribution in [0.3, 0.4) is 0 Å². The first-order valence-corrected chi connectivity index (χ1v) is 5.52. The van der Waals surface area contributed by atoms with Crippen molar-refractivity contribution in [3.05, 3.63) is 29.6 Å². The molecule has 2 atom stereocenters. The van der Waals surface area contributed by atoms with Gasteiger partial charge >= 0.3 is 0 Å². The van der Waals surface area contributed by atoms with Crippen molar-refractivity contribution in [3.8, 4) is 0 Å². The maximum Gasteiger partial charge on any atom is 0.0512 e. The van der Waals surface area contributed by atoms with E-state index in [2.05, 4.69) is 11.1 Å². The van der Waals surface area contributed by atoms with Gasteiger partial charge < -0.3 is 10.5 Å². The van der Waals surface area contributed by atoms with E-state index in [-0.39, 0.29) is 6.04 Å². The summed E-state index contributed by atoms with van der Waals surface area (Å²) in [4.78, 5) is 4.18.